The van der Waals surface area contributed by atoms with E-state index in [1.807, 2.05) is 0 Å². The van der Waals surface area contributed by atoms with E-state index in [1.54, 1.807) is 0 Å². The van der Waals surface area contributed by atoms with Gasteiger partial charge >= 0.3 is 7.67 Å². The first-order valence-electron chi connectivity index (χ1n) is 6.83. The van der Waals surface area contributed by atoms with Crippen LogP contribution in [-0.4, -0.2) is 42.6 Å². The van der Waals surface area contributed by atoms with Crippen LogP contribution in [-0.2, 0) is 9.09 Å². The molecule has 1 rings (SSSR count). The van der Waals surface area contributed by atoms with Gasteiger partial charge in [0.1, 0.15) is 0 Å². The van der Waals surface area contributed by atoms with Crippen molar-refractivity contribution in [1.82, 2.24) is 9.76 Å². The van der Waals surface area contributed by atoms with E-state index in [-0.39, 0.29) is 6.54 Å². The van der Waals surface area contributed by atoms with Crippen LogP contribution in [0.2, 0.25) is 0 Å². The smallest absolute Gasteiger partial charge is 0.306 e. The fourth-order valence-corrected chi connectivity index (χ4v) is 2.71. The molecular formula is C7H15Cl2N2O2P. The second-order valence-corrected chi connectivity index (χ2v) is 4.82. The van der Waals surface area contributed by atoms with Gasteiger partial charge in [0, 0.05) is 39.5 Å². The Labute approximate surface area is 103 Å². The van der Waals surface area contributed by atoms with Gasteiger partial charge in [-0.3, -0.25) is 4.57 Å². The average molecular weight is 267 g/mol. The molecule has 84 valence electrons. The highest BCUT2D eigenvalue weighted by molar-refractivity contribution is 7.54. The van der Waals surface area contributed by atoms with Gasteiger partial charge in [-0.05, 0) is 6.37 Å². The van der Waals surface area contributed by atoms with Crippen LogP contribution in [0.4, 0.5) is 0 Å². The standard InChI is InChI=1S/C7H15Cl2N2O2P/c8-2-5-11(6-3-9)14(12)10-4-1-7-13-14/h1-7H2,(H,10,12)/i1D2,5D2,6D2. The molecule has 1 aliphatic heterocycles. The summed E-state index contributed by atoms with van der Waals surface area (Å²) in [4.78, 5) is 0. The molecule has 0 amide bonds. The summed E-state index contributed by atoms with van der Waals surface area (Å²) in [7, 11) is -4.16. The van der Waals surface area contributed by atoms with Crippen molar-refractivity contribution in [3.63, 3.8) is 0 Å². The molecule has 7 heteroatoms. The molecule has 0 aliphatic carbocycles. The predicted molar refractivity (Wildman–Crippen MR) is 59.2 cm³/mol. The molecule has 1 fully saturated rings. The fourth-order valence-electron chi connectivity index (χ4n) is 0.869. The normalized spacial score (nSPS) is 40.2. The molecule has 0 saturated carbocycles. The van der Waals surface area contributed by atoms with Crippen molar-refractivity contribution in [3.8, 4) is 0 Å². The molecular weight excluding hydrogens is 246 g/mol. The Kier molecular flexibility index (Phi) is 2.90. The van der Waals surface area contributed by atoms with Gasteiger partial charge in [-0.2, -0.15) is 0 Å². The molecule has 4 nitrogen and oxygen atoms in total. The quantitative estimate of drug-likeness (QED) is 0.610. The Morgan fingerprint density at radius 3 is 2.64 bits per heavy atom. The van der Waals surface area contributed by atoms with Crippen LogP contribution in [0, 0.1) is 0 Å². The third-order valence-corrected chi connectivity index (χ3v) is 3.51. The summed E-state index contributed by atoms with van der Waals surface area (Å²) in [6.45, 7) is -5.90. The highest BCUT2D eigenvalue weighted by atomic mass is 35.5. The van der Waals surface area contributed by atoms with E-state index in [1.165, 1.54) is 0 Å². The van der Waals surface area contributed by atoms with Gasteiger partial charge in [-0.1, -0.05) is 0 Å². The first-order chi connectivity index (χ1) is 8.90. The van der Waals surface area contributed by atoms with Crippen molar-refractivity contribution in [2.45, 2.75) is 6.37 Å². The van der Waals surface area contributed by atoms with Crippen LogP contribution in [0.25, 0.3) is 0 Å². The first-order valence-corrected chi connectivity index (χ1v) is 6.47. The number of alkyl halides is 2. The SMILES string of the molecule is [2H]C1([2H])CNP(=O)(N(C([2H])([2H])CCl)C([2H])([2H])CCl)OC1. The van der Waals surface area contributed by atoms with Crippen LogP contribution >= 0.6 is 30.9 Å². The predicted octanol–water partition coefficient (Wildman–Crippen LogP) is 1.88. The van der Waals surface area contributed by atoms with Crippen molar-refractivity contribution in [3.05, 3.63) is 0 Å². The van der Waals surface area contributed by atoms with Crippen LogP contribution in [0.1, 0.15) is 14.6 Å². The third-order valence-electron chi connectivity index (χ3n) is 1.43. The summed E-state index contributed by atoms with van der Waals surface area (Å²) in [5, 5.41) is 2.25. The summed E-state index contributed by atoms with van der Waals surface area (Å²) in [5.41, 5.74) is 0. The number of hydrogen-bond acceptors (Lipinski definition) is 2. The molecule has 0 spiro atoms. The Hall–Kier alpha value is 0.690. The minimum absolute atomic E-state index is 0.336. The van der Waals surface area contributed by atoms with E-state index in [4.69, 9.17) is 36.0 Å². The highest BCUT2D eigenvalue weighted by Crippen LogP contribution is 2.47. The molecule has 1 heterocycles. The Morgan fingerprint density at radius 2 is 2.21 bits per heavy atom. The first kappa shape index (κ1) is 6.43. The number of hydrogen-bond donors (Lipinski definition) is 1. The third kappa shape index (κ3) is 3.37. The maximum Gasteiger partial charge on any atom is 0.343 e. The summed E-state index contributed by atoms with van der Waals surface area (Å²) < 4.78 is 63.7. The van der Waals surface area contributed by atoms with Crippen molar-refractivity contribution >= 4 is 30.9 Å². The summed E-state index contributed by atoms with van der Waals surface area (Å²) in [6, 6.07) is 0. The molecule has 1 saturated heterocycles. The monoisotopic (exact) mass is 266 g/mol. The van der Waals surface area contributed by atoms with Crippen LogP contribution in [0.3, 0.4) is 0 Å². The lowest BCUT2D eigenvalue weighted by atomic mass is 10.5. The number of nitrogens with zero attached hydrogens (tertiary/aromatic N) is 1. The van der Waals surface area contributed by atoms with Gasteiger partial charge < -0.3 is 4.52 Å². The molecule has 0 aromatic rings. The number of rotatable bonds is 5. The average Bonchev–Trinajstić information content (AvgIpc) is 2.33. The Bertz CT molecular complexity index is 383. The van der Waals surface area contributed by atoms with Crippen molar-refractivity contribution in [2.24, 2.45) is 0 Å². The maximum atomic E-state index is 12.7. The maximum absolute atomic E-state index is 12.7. The molecule has 0 radical (unpaired) electrons. The zero-order valence-electron chi connectivity index (χ0n) is 13.3. The summed E-state index contributed by atoms with van der Waals surface area (Å²) in [6.07, 6.45) is -1.78. The second kappa shape index (κ2) is 6.31. The van der Waals surface area contributed by atoms with Crippen molar-refractivity contribution in [2.75, 3.05) is 37.9 Å². The Morgan fingerprint density at radius 1 is 1.57 bits per heavy atom. The van der Waals surface area contributed by atoms with E-state index in [0.717, 1.165) is 0 Å². The van der Waals surface area contributed by atoms with Crippen molar-refractivity contribution < 1.29 is 17.3 Å². The van der Waals surface area contributed by atoms with E-state index in [0.29, 0.717) is 4.67 Å². The molecule has 14 heavy (non-hydrogen) atoms. The van der Waals surface area contributed by atoms with Gasteiger partial charge in [0.05, 0.1) is 6.61 Å². The van der Waals surface area contributed by atoms with E-state index in [2.05, 4.69) is 5.09 Å². The van der Waals surface area contributed by atoms with E-state index in [9.17, 15) is 4.57 Å². The molecule has 0 aromatic carbocycles. The largest absolute Gasteiger partial charge is 0.343 e. The lowest BCUT2D eigenvalue weighted by molar-refractivity contribution is 0.233. The van der Waals surface area contributed by atoms with Crippen LogP contribution in [0.5, 0.6) is 0 Å². The van der Waals surface area contributed by atoms with E-state index < -0.39 is 45.4 Å². The van der Waals surface area contributed by atoms with E-state index >= 15 is 0 Å². The zero-order valence-corrected chi connectivity index (χ0v) is 9.70. The minimum atomic E-state index is -4.16. The lowest BCUT2D eigenvalue weighted by Gasteiger charge is -2.33. The molecule has 1 unspecified atom stereocenters. The molecule has 0 bridgehead atoms. The molecule has 1 atom stereocenters. The van der Waals surface area contributed by atoms with Gasteiger partial charge in [-0.15, -0.1) is 23.2 Å². The Balaban J connectivity index is 3.16. The topological polar surface area (TPSA) is 41.6 Å². The zero-order chi connectivity index (χ0) is 15.8. The molecule has 1 aliphatic rings. The fraction of sp³-hybridized carbons (Fsp3) is 1.00. The van der Waals surface area contributed by atoms with Gasteiger partial charge in [0.15, 0.2) is 0 Å². The lowest BCUT2D eigenvalue weighted by Crippen LogP contribution is -2.35. The number of nitrogens with one attached hydrogen (secondary N) is 1. The summed E-state index contributed by atoms with van der Waals surface area (Å²) in [5.74, 6) is -1.32. The van der Waals surface area contributed by atoms with Crippen molar-refractivity contribution in [1.29, 1.82) is 0 Å². The second-order valence-electron chi connectivity index (χ2n) is 2.27. The minimum Gasteiger partial charge on any atom is -0.306 e. The highest BCUT2D eigenvalue weighted by Gasteiger charge is 2.32. The molecule has 1 N–H and O–H groups in total. The van der Waals surface area contributed by atoms with Gasteiger partial charge in [0.25, 0.3) is 0 Å². The molecule has 0 aromatic heterocycles. The van der Waals surface area contributed by atoms with Gasteiger partial charge in [-0.25, -0.2) is 9.76 Å². The van der Waals surface area contributed by atoms with Crippen LogP contribution < -0.4 is 5.09 Å². The number of halogens is 2. The van der Waals surface area contributed by atoms with Gasteiger partial charge in [0.2, 0.25) is 0 Å². The summed E-state index contributed by atoms with van der Waals surface area (Å²) >= 11 is 11.0. The van der Waals surface area contributed by atoms with Crippen LogP contribution in [0.15, 0.2) is 0 Å².